The first-order valence-electron chi connectivity index (χ1n) is 4.41. The largest absolute Gasteiger partial charge is 0.470 e. The van der Waals surface area contributed by atoms with Crippen LogP contribution in [0.15, 0.2) is 24.7 Å². The van der Waals surface area contributed by atoms with Crippen molar-refractivity contribution in [1.29, 1.82) is 0 Å². The highest BCUT2D eigenvalue weighted by Gasteiger charge is 2.02. The molecular formula is C10H16O5. The van der Waals surface area contributed by atoms with E-state index in [-0.39, 0.29) is 32.2 Å². The Balaban J connectivity index is 3.35. The van der Waals surface area contributed by atoms with E-state index in [4.69, 9.17) is 14.6 Å². The quantitative estimate of drug-likeness (QED) is 0.283. The van der Waals surface area contributed by atoms with Crippen molar-refractivity contribution >= 4 is 5.97 Å². The third kappa shape index (κ3) is 8.99. The van der Waals surface area contributed by atoms with Crippen LogP contribution >= 0.6 is 0 Å². The highest BCUT2D eigenvalue weighted by Crippen LogP contribution is 1.96. The average molecular weight is 216 g/mol. The molecule has 15 heavy (non-hydrogen) atoms. The van der Waals surface area contributed by atoms with Gasteiger partial charge in [0.25, 0.3) is 0 Å². The molecule has 0 aromatic heterocycles. The van der Waals surface area contributed by atoms with E-state index in [0.717, 1.165) is 0 Å². The first kappa shape index (κ1) is 13.7. The number of aliphatic hydroxyl groups excluding tert-OH is 1. The molecule has 0 unspecified atom stereocenters. The van der Waals surface area contributed by atoms with Crippen LogP contribution in [0.25, 0.3) is 0 Å². The Morgan fingerprint density at radius 3 is 2.60 bits per heavy atom. The van der Waals surface area contributed by atoms with Crippen LogP contribution in [0.4, 0.5) is 0 Å². The van der Waals surface area contributed by atoms with Crippen LogP contribution in [-0.4, -0.2) is 31.1 Å². The van der Waals surface area contributed by atoms with Crippen LogP contribution in [0.3, 0.4) is 0 Å². The number of carbonyl (C=O) groups excluding carboxylic acids is 1. The van der Waals surface area contributed by atoms with Gasteiger partial charge >= 0.3 is 5.97 Å². The van der Waals surface area contributed by atoms with E-state index in [0.29, 0.717) is 5.76 Å². The summed E-state index contributed by atoms with van der Waals surface area (Å²) >= 11 is 0. The van der Waals surface area contributed by atoms with Crippen molar-refractivity contribution in [2.24, 2.45) is 0 Å². The van der Waals surface area contributed by atoms with Crippen molar-refractivity contribution in [3.05, 3.63) is 24.7 Å². The lowest BCUT2D eigenvalue weighted by Crippen LogP contribution is -2.09. The lowest BCUT2D eigenvalue weighted by molar-refractivity contribution is -0.141. The lowest BCUT2D eigenvalue weighted by atomic mass is 10.4. The molecule has 0 saturated heterocycles. The molecule has 1 N–H and O–H groups in total. The number of carbonyl (C=O) groups is 1. The normalized spacial score (nSPS) is 9.47. The fraction of sp³-hybridized carbons (Fsp3) is 0.500. The van der Waals surface area contributed by atoms with Crippen molar-refractivity contribution in [1.82, 2.24) is 0 Å². The van der Waals surface area contributed by atoms with Gasteiger partial charge in [0.2, 0.25) is 0 Å². The van der Waals surface area contributed by atoms with Crippen molar-refractivity contribution in [2.75, 3.05) is 20.0 Å². The van der Waals surface area contributed by atoms with Gasteiger partial charge in [-0.05, 0) is 6.92 Å². The summed E-state index contributed by atoms with van der Waals surface area (Å²) in [6, 6.07) is 0. The minimum Gasteiger partial charge on any atom is -0.470 e. The molecule has 0 aromatic carbocycles. The molecule has 5 nitrogen and oxygen atoms in total. The summed E-state index contributed by atoms with van der Waals surface area (Å²) in [5.41, 5.74) is 0. The molecule has 0 aliphatic rings. The van der Waals surface area contributed by atoms with Crippen LogP contribution < -0.4 is 0 Å². The number of allylic oxidation sites excluding steroid dienone is 1. The summed E-state index contributed by atoms with van der Waals surface area (Å²) in [5, 5.41) is 8.51. The smallest absolute Gasteiger partial charge is 0.313 e. The molecule has 0 atom stereocenters. The molecule has 86 valence electrons. The molecule has 0 bridgehead atoms. The fourth-order valence-corrected chi connectivity index (χ4v) is 0.630. The Hall–Kier alpha value is -1.33. The topological polar surface area (TPSA) is 65.0 Å². The molecule has 0 saturated carbocycles. The number of esters is 1. The second-order valence-corrected chi connectivity index (χ2v) is 2.79. The van der Waals surface area contributed by atoms with E-state index in [1.54, 1.807) is 6.92 Å². The highest BCUT2D eigenvalue weighted by atomic mass is 16.7. The van der Waals surface area contributed by atoms with Gasteiger partial charge in [0.1, 0.15) is 5.76 Å². The maximum atomic E-state index is 10.9. The van der Waals surface area contributed by atoms with E-state index >= 15 is 0 Å². The predicted octanol–water partition coefficient (Wildman–Crippen LogP) is 0.950. The molecule has 0 spiro atoms. The van der Waals surface area contributed by atoms with Crippen LogP contribution in [-0.2, 0) is 19.0 Å². The predicted molar refractivity (Wildman–Crippen MR) is 53.7 cm³/mol. The molecule has 0 heterocycles. The van der Waals surface area contributed by atoms with Crippen molar-refractivity contribution in [2.45, 2.75) is 13.3 Å². The van der Waals surface area contributed by atoms with Gasteiger partial charge in [0.05, 0.1) is 25.4 Å². The van der Waals surface area contributed by atoms with Gasteiger partial charge < -0.3 is 19.3 Å². The second kappa shape index (κ2) is 8.02. The number of rotatable bonds is 8. The summed E-state index contributed by atoms with van der Waals surface area (Å²) in [6.07, 6.45) is 0.127. The Kier molecular flexibility index (Phi) is 7.31. The lowest BCUT2D eigenvalue weighted by Gasteiger charge is -2.07. The summed E-state index contributed by atoms with van der Waals surface area (Å²) in [6.45, 7) is 8.30. The summed E-state index contributed by atoms with van der Waals surface area (Å²) in [4.78, 5) is 10.9. The molecule has 0 aliphatic carbocycles. The van der Waals surface area contributed by atoms with Crippen LogP contribution in [0, 0.1) is 0 Å². The fourth-order valence-electron chi connectivity index (χ4n) is 0.630. The Morgan fingerprint density at radius 1 is 1.40 bits per heavy atom. The molecule has 0 rings (SSSR count). The average Bonchev–Trinajstić information content (AvgIpc) is 2.15. The Morgan fingerprint density at radius 2 is 2.07 bits per heavy atom. The van der Waals surface area contributed by atoms with Gasteiger partial charge in [0.15, 0.2) is 6.79 Å². The first-order chi connectivity index (χ1) is 7.06. The minimum absolute atomic E-state index is 0.0419. The van der Waals surface area contributed by atoms with Gasteiger partial charge in [-0.2, -0.15) is 0 Å². The number of hydrogen-bond donors (Lipinski definition) is 1. The zero-order chi connectivity index (χ0) is 11.7. The zero-order valence-electron chi connectivity index (χ0n) is 8.82. The van der Waals surface area contributed by atoms with Crippen LogP contribution in [0.5, 0.6) is 0 Å². The van der Waals surface area contributed by atoms with E-state index in [1.807, 2.05) is 0 Å². The number of ether oxygens (including phenoxy) is 3. The third-order valence-electron chi connectivity index (χ3n) is 1.26. The standard InChI is InChI=1S/C10H16O5/c1-8(2)15-10(12)4-5-13-7-14-9(3)6-11/h11H,1,3-7H2,2H3. The molecule has 0 fully saturated rings. The summed E-state index contributed by atoms with van der Waals surface area (Å²) < 4.78 is 14.4. The van der Waals surface area contributed by atoms with Crippen LogP contribution in [0.2, 0.25) is 0 Å². The van der Waals surface area contributed by atoms with Crippen molar-refractivity contribution in [3.63, 3.8) is 0 Å². The second-order valence-electron chi connectivity index (χ2n) is 2.79. The Labute approximate surface area is 88.9 Å². The van der Waals surface area contributed by atoms with E-state index in [9.17, 15) is 4.79 Å². The van der Waals surface area contributed by atoms with E-state index in [1.165, 1.54) is 0 Å². The first-order valence-corrected chi connectivity index (χ1v) is 4.41. The van der Waals surface area contributed by atoms with Gasteiger partial charge in [-0.15, -0.1) is 0 Å². The molecule has 0 aliphatic heterocycles. The molecule has 0 aromatic rings. The zero-order valence-corrected chi connectivity index (χ0v) is 8.82. The van der Waals surface area contributed by atoms with Gasteiger partial charge in [-0.3, -0.25) is 4.79 Å². The molecule has 0 amide bonds. The number of aliphatic hydroxyl groups is 1. The van der Waals surface area contributed by atoms with Gasteiger partial charge in [-0.1, -0.05) is 13.2 Å². The third-order valence-corrected chi connectivity index (χ3v) is 1.26. The molecule has 5 heteroatoms. The molecule has 0 radical (unpaired) electrons. The van der Waals surface area contributed by atoms with Crippen LogP contribution in [0.1, 0.15) is 13.3 Å². The van der Waals surface area contributed by atoms with E-state index in [2.05, 4.69) is 17.9 Å². The SMILES string of the molecule is C=C(C)OC(=O)CCOCOC(=C)CO. The summed E-state index contributed by atoms with van der Waals surface area (Å²) in [7, 11) is 0. The van der Waals surface area contributed by atoms with Crippen molar-refractivity contribution in [3.8, 4) is 0 Å². The molecular weight excluding hydrogens is 200 g/mol. The summed E-state index contributed by atoms with van der Waals surface area (Å²) in [5.74, 6) is 0.174. The van der Waals surface area contributed by atoms with E-state index < -0.39 is 5.97 Å². The minimum atomic E-state index is -0.400. The monoisotopic (exact) mass is 216 g/mol. The number of hydrogen-bond acceptors (Lipinski definition) is 5. The van der Waals surface area contributed by atoms with Gasteiger partial charge in [-0.25, -0.2) is 0 Å². The maximum absolute atomic E-state index is 10.9. The van der Waals surface area contributed by atoms with Crippen molar-refractivity contribution < 1.29 is 24.1 Å². The Bertz CT molecular complexity index is 234. The van der Waals surface area contributed by atoms with Gasteiger partial charge in [0, 0.05) is 0 Å². The maximum Gasteiger partial charge on any atom is 0.313 e. The highest BCUT2D eigenvalue weighted by molar-refractivity contribution is 5.70.